The van der Waals surface area contributed by atoms with Crippen molar-refractivity contribution < 1.29 is 48.3 Å². The Morgan fingerprint density at radius 2 is 1.77 bits per heavy atom. The van der Waals surface area contributed by atoms with Crippen molar-refractivity contribution in [1.29, 1.82) is 5.41 Å². The van der Waals surface area contributed by atoms with E-state index in [-0.39, 0.29) is 27.6 Å². The summed E-state index contributed by atoms with van der Waals surface area (Å²) < 4.78 is 129. The first-order chi connectivity index (χ1) is 16.0. The Balaban J connectivity index is 2.31. The van der Waals surface area contributed by atoms with E-state index in [2.05, 4.69) is 20.0 Å². The Morgan fingerprint density at radius 1 is 1.11 bits per heavy atom. The molecular formula is C19H16F8N4O3S. The third-order valence-corrected chi connectivity index (χ3v) is 6.01. The van der Waals surface area contributed by atoms with E-state index < -0.39 is 46.3 Å². The summed E-state index contributed by atoms with van der Waals surface area (Å²) in [5.74, 6) is -7.79. The summed E-state index contributed by atoms with van der Waals surface area (Å²) >= 11 is 0. The van der Waals surface area contributed by atoms with Crippen molar-refractivity contribution in [3.8, 4) is 17.0 Å². The highest BCUT2D eigenvalue weighted by atomic mass is 32.2. The predicted octanol–water partition coefficient (Wildman–Crippen LogP) is 5.10. The molecular weight excluding hydrogens is 516 g/mol. The Morgan fingerprint density at radius 3 is 2.29 bits per heavy atom. The molecule has 0 aliphatic heterocycles. The highest BCUT2D eigenvalue weighted by Crippen LogP contribution is 2.36. The molecule has 1 heterocycles. The molecule has 0 aliphatic carbocycles. The first-order valence-electron chi connectivity index (χ1n) is 9.33. The van der Waals surface area contributed by atoms with Crippen LogP contribution in [-0.2, 0) is 9.84 Å². The lowest BCUT2D eigenvalue weighted by molar-refractivity contribution is -0.290. The second-order valence-electron chi connectivity index (χ2n) is 6.73. The summed E-state index contributed by atoms with van der Waals surface area (Å²) in [5, 5.41) is 9.08. The Hall–Kier alpha value is -3.30. The number of hydrogen-bond acceptors (Lipinski definition) is 5. The second-order valence-corrected chi connectivity index (χ2v) is 8.98. The lowest BCUT2D eigenvalue weighted by Gasteiger charge is -2.19. The van der Waals surface area contributed by atoms with E-state index in [1.54, 1.807) is 0 Å². The number of nitrogens with zero attached hydrogens (tertiary/aromatic N) is 2. The molecule has 2 aromatic rings. The number of aliphatic imine (C=N–C) groups is 1. The molecule has 1 aromatic carbocycles. The molecule has 2 N–H and O–H groups in total. The molecule has 0 amide bonds. The number of pyridine rings is 1. The van der Waals surface area contributed by atoms with Crippen LogP contribution in [0.5, 0.6) is 5.75 Å². The van der Waals surface area contributed by atoms with Crippen molar-refractivity contribution in [3.05, 3.63) is 36.5 Å². The van der Waals surface area contributed by atoms with Crippen LogP contribution in [0.2, 0.25) is 0 Å². The van der Waals surface area contributed by atoms with Gasteiger partial charge in [0.2, 0.25) is 5.84 Å². The highest BCUT2D eigenvalue weighted by molar-refractivity contribution is 7.91. The van der Waals surface area contributed by atoms with Gasteiger partial charge in [-0.25, -0.2) is 13.4 Å². The van der Waals surface area contributed by atoms with Crippen molar-refractivity contribution in [3.63, 3.8) is 0 Å². The average Bonchev–Trinajstić information content (AvgIpc) is 2.76. The van der Waals surface area contributed by atoms with E-state index in [0.717, 1.165) is 24.4 Å². The third kappa shape index (κ3) is 7.10. The first-order valence-corrected chi connectivity index (χ1v) is 11.0. The van der Waals surface area contributed by atoms with Crippen LogP contribution >= 0.6 is 0 Å². The summed E-state index contributed by atoms with van der Waals surface area (Å²) in [6.07, 6.45) is -9.40. The van der Waals surface area contributed by atoms with Gasteiger partial charge in [-0.1, -0.05) is 6.92 Å². The van der Waals surface area contributed by atoms with Gasteiger partial charge in [-0.3, -0.25) is 10.4 Å². The highest BCUT2D eigenvalue weighted by Gasteiger charge is 2.58. The zero-order valence-corrected chi connectivity index (χ0v) is 18.3. The van der Waals surface area contributed by atoms with Crippen LogP contribution in [-0.4, -0.2) is 56.2 Å². The topological polar surface area (TPSA) is 104 Å². The maximum absolute atomic E-state index is 13.0. The molecule has 0 radical (unpaired) electrons. The third-order valence-electron chi connectivity index (χ3n) is 4.24. The first kappa shape index (κ1) is 27.9. The van der Waals surface area contributed by atoms with Crippen molar-refractivity contribution >= 4 is 27.7 Å². The molecule has 0 saturated heterocycles. The summed E-state index contributed by atoms with van der Waals surface area (Å²) in [6, 6.07) is 5.73. The number of halogens is 8. The lowest BCUT2D eigenvalue weighted by Crippen LogP contribution is -2.41. The van der Waals surface area contributed by atoms with Gasteiger partial charge in [0, 0.05) is 11.3 Å². The smallest absolute Gasteiger partial charge is 0.456 e. The van der Waals surface area contributed by atoms with Crippen LogP contribution in [0.25, 0.3) is 11.3 Å². The number of aromatic nitrogens is 1. The fraction of sp³-hybridized carbons (Fsp3) is 0.316. The van der Waals surface area contributed by atoms with Gasteiger partial charge >= 0.3 is 18.3 Å². The molecule has 7 nitrogen and oxygen atoms in total. The van der Waals surface area contributed by atoms with Crippen LogP contribution in [0.15, 0.2) is 46.4 Å². The minimum absolute atomic E-state index is 0.00818. The standard InChI is InChI=1S/C19H16F8N4O3S/c1-2-35(32,33)15-7-11(30-10-31-16(28)18(22,23)24)3-5-13(15)14-6-4-12(8-29-14)34-9-17(20,21)19(25,26)27/h3-8,10H,2,9H2,1H3,(H2,28,30,31). The van der Waals surface area contributed by atoms with Crippen LogP contribution in [0.1, 0.15) is 6.92 Å². The molecule has 0 fully saturated rings. The fourth-order valence-corrected chi connectivity index (χ4v) is 3.49. The van der Waals surface area contributed by atoms with E-state index in [1.165, 1.54) is 19.1 Å². The van der Waals surface area contributed by atoms with Crippen LogP contribution in [0.4, 0.5) is 40.8 Å². The van der Waals surface area contributed by atoms with Crippen molar-refractivity contribution in [2.24, 2.45) is 4.99 Å². The number of ether oxygens (including phenoxy) is 1. The fourth-order valence-electron chi connectivity index (χ4n) is 2.36. The molecule has 0 aliphatic rings. The van der Waals surface area contributed by atoms with Gasteiger partial charge in [0.25, 0.3) is 0 Å². The number of nitrogens with one attached hydrogen (secondary N) is 2. The monoisotopic (exact) mass is 532 g/mol. The molecule has 0 unspecified atom stereocenters. The van der Waals surface area contributed by atoms with E-state index in [4.69, 9.17) is 5.41 Å². The molecule has 2 rings (SSSR count). The Bertz CT molecular complexity index is 1190. The van der Waals surface area contributed by atoms with Gasteiger partial charge in [-0.2, -0.15) is 35.1 Å². The zero-order valence-electron chi connectivity index (χ0n) is 17.5. The van der Waals surface area contributed by atoms with Crippen LogP contribution in [0, 0.1) is 5.41 Å². The summed E-state index contributed by atoms with van der Waals surface area (Å²) in [6.45, 7) is -0.656. The molecule has 0 spiro atoms. The number of benzene rings is 1. The SMILES string of the molecule is CCS(=O)(=O)c1cc(N/C=N\C(=N)C(F)(F)F)ccc1-c1ccc(OCC(F)(F)C(F)(F)F)cn1. The summed E-state index contributed by atoms with van der Waals surface area (Å²) in [4.78, 5) is 6.42. The summed E-state index contributed by atoms with van der Waals surface area (Å²) in [7, 11) is -3.92. The number of rotatable bonds is 8. The van der Waals surface area contributed by atoms with Gasteiger partial charge in [-0.05, 0) is 30.3 Å². The maximum Gasteiger partial charge on any atom is 0.456 e. The average molecular weight is 532 g/mol. The molecule has 0 atom stereocenters. The molecule has 16 heteroatoms. The van der Waals surface area contributed by atoms with E-state index in [9.17, 15) is 43.5 Å². The molecule has 0 saturated carbocycles. The quantitative estimate of drug-likeness (QED) is 0.280. The largest absolute Gasteiger partial charge is 0.485 e. The van der Waals surface area contributed by atoms with Crippen LogP contribution in [0.3, 0.4) is 0 Å². The zero-order chi connectivity index (χ0) is 26.7. The van der Waals surface area contributed by atoms with Gasteiger partial charge in [0.15, 0.2) is 16.4 Å². The predicted molar refractivity (Wildman–Crippen MR) is 110 cm³/mol. The van der Waals surface area contributed by atoms with Crippen molar-refractivity contribution in [2.75, 3.05) is 17.7 Å². The van der Waals surface area contributed by atoms with E-state index in [1.807, 2.05) is 0 Å². The van der Waals surface area contributed by atoms with Crippen molar-refractivity contribution in [1.82, 2.24) is 4.98 Å². The normalized spacial score (nSPS) is 13.2. The molecule has 0 bridgehead atoms. The molecule has 1 aromatic heterocycles. The van der Waals surface area contributed by atoms with Crippen LogP contribution < -0.4 is 10.1 Å². The van der Waals surface area contributed by atoms with Gasteiger partial charge in [0.1, 0.15) is 5.75 Å². The van der Waals surface area contributed by atoms with Crippen molar-refractivity contribution in [2.45, 2.75) is 30.1 Å². The number of anilines is 1. The maximum atomic E-state index is 13.0. The molecule has 192 valence electrons. The second kappa shape index (κ2) is 10.1. The number of hydrogen-bond donors (Lipinski definition) is 2. The summed E-state index contributed by atoms with van der Waals surface area (Å²) in [5.41, 5.74) is 0.0180. The number of amidine groups is 1. The van der Waals surface area contributed by atoms with Gasteiger partial charge in [-0.15, -0.1) is 0 Å². The molecule has 35 heavy (non-hydrogen) atoms. The Labute approximate surface area is 193 Å². The minimum Gasteiger partial charge on any atom is -0.485 e. The minimum atomic E-state index is -5.81. The Kier molecular flexibility index (Phi) is 8.09. The van der Waals surface area contributed by atoms with E-state index in [0.29, 0.717) is 6.34 Å². The van der Waals surface area contributed by atoms with Gasteiger partial charge in [0.05, 0.1) is 28.9 Å². The van der Waals surface area contributed by atoms with E-state index >= 15 is 0 Å². The van der Waals surface area contributed by atoms with Gasteiger partial charge < -0.3 is 10.1 Å². The number of alkyl halides is 8. The lowest BCUT2D eigenvalue weighted by atomic mass is 10.1. The number of sulfone groups is 1.